The van der Waals surface area contributed by atoms with E-state index < -0.39 is 12.2 Å². The molecule has 5 rings (SSSR count). The van der Waals surface area contributed by atoms with Crippen molar-refractivity contribution in [3.8, 4) is 16.5 Å². The van der Waals surface area contributed by atoms with Crippen LogP contribution in [0.5, 0.6) is 5.88 Å². The van der Waals surface area contributed by atoms with Crippen LogP contribution in [0.3, 0.4) is 0 Å². The summed E-state index contributed by atoms with van der Waals surface area (Å²) < 4.78 is 7.35. The number of aliphatic hydroxyl groups excluding tert-OH is 2. The van der Waals surface area contributed by atoms with Gasteiger partial charge in [-0.15, -0.1) is 11.3 Å². The van der Waals surface area contributed by atoms with Crippen molar-refractivity contribution in [1.82, 2.24) is 15.0 Å². The number of nitrogens with one attached hydrogen (secondary N) is 1. The largest absolute Gasteiger partial charge is 0.471 e. The van der Waals surface area contributed by atoms with E-state index in [0.717, 1.165) is 33.0 Å². The average molecular weight is 427 g/mol. The Morgan fingerprint density at radius 1 is 1.13 bits per heavy atom. The highest BCUT2D eigenvalue weighted by molar-refractivity contribution is 7.21. The van der Waals surface area contributed by atoms with Gasteiger partial charge >= 0.3 is 0 Å². The highest BCUT2D eigenvalue weighted by Crippen LogP contribution is 2.39. The summed E-state index contributed by atoms with van der Waals surface area (Å²) in [7, 11) is 0. The number of benzene rings is 1. The van der Waals surface area contributed by atoms with Crippen LogP contribution in [0.1, 0.15) is 31.4 Å². The van der Waals surface area contributed by atoms with Crippen molar-refractivity contribution >= 4 is 27.5 Å². The Bertz CT molecular complexity index is 1020. The topological polar surface area (TPSA) is 100 Å². The Labute approximate surface area is 179 Å². The van der Waals surface area contributed by atoms with Gasteiger partial charge in [-0.05, 0) is 56.6 Å². The van der Waals surface area contributed by atoms with E-state index in [1.165, 1.54) is 12.8 Å². The number of fused-ring (bicyclic) bond motifs is 1. The second-order valence-corrected chi connectivity index (χ2v) is 9.40. The van der Waals surface area contributed by atoms with Gasteiger partial charge in [0.2, 0.25) is 11.8 Å². The van der Waals surface area contributed by atoms with E-state index in [-0.39, 0.29) is 12.5 Å². The maximum atomic E-state index is 10.4. The molecular formula is C22H26N4O3S. The van der Waals surface area contributed by atoms with Gasteiger partial charge in [0.25, 0.3) is 0 Å². The first kappa shape index (κ1) is 19.7. The van der Waals surface area contributed by atoms with Crippen molar-refractivity contribution in [2.24, 2.45) is 11.8 Å². The van der Waals surface area contributed by atoms with E-state index in [4.69, 9.17) is 9.72 Å². The maximum absolute atomic E-state index is 10.4. The van der Waals surface area contributed by atoms with Gasteiger partial charge in [0.1, 0.15) is 11.1 Å². The quantitative estimate of drug-likeness (QED) is 0.532. The number of para-hydroxylation sites is 1. The summed E-state index contributed by atoms with van der Waals surface area (Å²) in [6.45, 7) is 2.86. The lowest BCUT2D eigenvalue weighted by atomic mass is 10.1. The summed E-state index contributed by atoms with van der Waals surface area (Å²) in [6.07, 6.45) is 2.61. The molecule has 0 unspecified atom stereocenters. The smallest absolute Gasteiger partial charge is 0.229 e. The van der Waals surface area contributed by atoms with Gasteiger partial charge in [-0.25, -0.2) is 9.97 Å². The standard InChI is InChI=1S/C22H26N4O3S/c1-12-19(21-25-15-4-2-3-5-18(15)30-21)20(26-22(24-12)23-10-13-6-7-13)29-17-9-14(11-27)8-16(17)28/h2-5,13-14,16-17,27-28H,6-11H2,1H3,(H,23,24,26)/t14-,16-,17-/m1/s1. The number of aromatic nitrogens is 3. The van der Waals surface area contributed by atoms with E-state index >= 15 is 0 Å². The molecule has 2 aliphatic rings. The maximum Gasteiger partial charge on any atom is 0.229 e. The zero-order valence-corrected chi connectivity index (χ0v) is 17.7. The van der Waals surface area contributed by atoms with Gasteiger partial charge in [0.15, 0.2) is 0 Å². The number of anilines is 1. The number of rotatable bonds is 7. The van der Waals surface area contributed by atoms with E-state index in [0.29, 0.717) is 30.6 Å². The van der Waals surface area contributed by atoms with Crippen molar-refractivity contribution < 1.29 is 14.9 Å². The monoisotopic (exact) mass is 426 g/mol. The molecule has 0 saturated heterocycles. The van der Waals surface area contributed by atoms with Gasteiger partial charge in [-0.1, -0.05) is 12.1 Å². The zero-order chi connectivity index (χ0) is 20.7. The predicted octanol–water partition coefficient (Wildman–Crippen LogP) is 3.39. The molecule has 0 aliphatic heterocycles. The molecule has 2 aliphatic carbocycles. The fraction of sp³-hybridized carbons (Fsp3) is 0.500. The molecule has 0 radical (unpaired) electrons. The van der Waals surface area contributed by atoms with Crippen LogP contribution in [-0.2, 0) is 0 Å². The number of aliphatic hydroxyl groups is 2. The zero-order valence-electron chi connectivity index (χ0n) is 16.9. The number of nitrogens with zero attached hydrogens (tertiary/aromatic N) is 3. The van der Waals surface area contributed by atoms with Crippen molar-refractivity contribution in [2.45, 2.75) is 44.8 Å². The second kappa shape index (κ2) is 8.09. The van der Waals surface area contributed by atoms with Crippen molar-refractivity contribution in [3.05, 3.63) is 30.0 Å². The molecule has 2 aromatic heterocycles. The molecule has 0 amide bonds. The number of ether oxygens (including phenoxy) is 1. The summed E-state index contributed by atoms with van der Waals surface area (Å²) in [5, 5.41) is 24.1. The van der Waals surface area contributed by atoms with Crippen LogP contribution in [-0.4, -0.2) is 50.5 Å². The minimum Gasteiger partial charge on any atom is -0.471 e. The highest BCUT2D eigenvalue weighted by atomic mass is 32.1. The Morgan fingerprint density at radius 2 is 1.97 bits per heavy atom. The molecule has 158 valence electrons. The second-order valence-electron chi connectivity index (χ2n) is 8.37. The lowest BCUT2D eigenvalue weighted by Crippen LogP contribution is -2.26. The van der Waals surface area contributed by atoms with Crippen LogP contribution in [0, 0.1) is 18.8 Å². The fourth-order valence-corrected chi connectivity index (χ4v) is 5.04. The summed E-state index contributed by atoms with van der Waals surface area (Å²) >= 11 is 1.58. The number of hydrogen-bond acceptors (Lipinski definition) is 8. The highest BCUT2D eigenvalue weighted by Gasteiger charge is 2.35. The minimum absolute atomic E-state index is 0.0475. The minimum atomic E-state index is -0.622. The Kier molecular flexibility index (Phi) is 5.30. The van der Waals surface area contributed by atoms with Crippen LogP contribution in [0.2, 0.25) is 0 Å². The van der Waals surface area contributed by atoms with E-state index in [9.17, 15) is 10.2 Å². The SMILES string of the molecule is Cc1nc(NCC2CC2)nc(O[C@@H]2C[C@H](CO)C[C@H]2O)c1-c1nc2ccccc2s1. The number of thiazole rings is 1. The Morgan fingerprint density at radius 3 is 2.70 bits per heavy atom. The molecule has 3 atom stereocenters. The molecular weight excluding hydrogens is 400 g/mol. The van der Waals surface area contributed by atoms with Crippen molar-refractivity contribution in [2.75, 3.05) is 18.5 Å². The third kappa shape index (κ3) is 3.99. The van der Waals surface area contributed by atoms with Crippen LogP contribution in [0.15, 0.2) is 24.3 Å². The van der Waals surface area contributed by atoms with Crippen LogP contribution in [0.4, 0.5) is 5.95 Å². The molecule has 2 fully saturated rings. The van der Waals surface area contributed by atoms with Crippen molar-refractivity contribution in [3.63, 3.8) is 0 Å². The predicted molar refractivity (Wildman–Crippen MR) is 117 cm³/mol. The van der Waals surface area contributed by atoms with Gasteiger partial charge in [0.05, 0.1) is 27.6 Å². The molecule has 2 saturated carbocycles. The van der Waals surface area contributed by atoms with Crippen LogP contribution in [0.25, 0.3) is 20.8 Å². The lowest BCUT2D eigenvalue weighted by molar-refractivity contribution is 0.0577. The molecule has 3 aromatic rings. The summed E-state index contributed by atoms with van der Waals surface area (Å²) in [5.74, 6) is 1.74. The van der Waals surface area contributed by atoms with Crippen LogP contribution >= 0.6 is 11.3 Å². The lowest BCUT2D eigenvalue weighted by Gasteiger charge is -2.19. The third-order valence-corrected chi connectivity index (χ3v) is 6.95. The normalized spacial score (nSPS) is 23.8. The van der Waals surface area contributed by atoms with Gasteiger partial charge in [-0.3, -0.25) is 0 Å². The summed E-state index contributed by atoms with van der Waals surface area (Å²) in [6, 6.07) is 8.01. The van der Waals surface area contributed by atoms with Gasteiger partial charge in [-0.2, -0.15) is 4.98 Å². The molecule has 0 bridgehead atoms. The average Bonchev–Trinajstić information content (AvgIpc) is 3.36. The Balaban J connectivity index is 1.52. The molecule has 2 heterocycles. The first-order valence-electron chi connectivity index (χ1n) is 10.5. The third-order valence-electron chi connectivity index (χ3n) is 5.90. The summed E-state index contributed by atoms with van der Waals surface area (Å²) in [4.78, 5) is 14.1. The van der Waals surface area contributed by atoms with Gasteiger partial charge < -0.3 is 20.3 Å². The first-order valence-corrected chi connectivity index (χ1v) is 11.4. The van der Waals surface area contributed by atoms with Crippen molar-refractivity contribution in [1.29, 1.82) is 0 Å². The van der Waals surface area contributed by atoms with E-state index in [2.05, 4.69) is 15.3 Å². The van der Waals surface area contributed by atoms with E-state index in [1.54, 1.807) is 11.3 Å². The fourth-order valence-electron chi connectivity index (χ4n) is 3.99. The molecule has 1 aromatic carbocycles. The molecule has 30 heavy (non-hydrogen) atoms. The number of hydrogen-bond donors (Lipinski definition) is 3. The first-order chi connectivity index (χ1) is 14.6. The molecule has 0 spiro atoms. The molecule has 7 nitrogen and oxygen atoms in total. The summed E-state index contributed by atoms with van der Waals surface area (Å²) in [5.41, 5.74) is 2.50. The van der Waals surface area contributed by atoms with Crippen LogP contribution < -0.4 is 10.1 Å². The molecule has 8 heteroatoms. The Hall–Kier alpha value is -2.29. The van der Waals surface area contributed by atoms with Gasteiger partial charge in [0, 0.05) is 13.2 Å². The van der Waals surface area contributed by atoms with E-state index in [1.807, 2.05) is 31.2 Å². The number of aryl methyl sites for hydroxylation is 1. The molecule has 3 N–H and O–H groups in total.